The van der Waals surface area contributed by atoms with E-state index in [-0.39, 0.29) is 6.04 Å². The molecular weight excluding hydrogens is 412 g/mol. The van der Waals surface area contributed by atoms with E-state index in [4.69, 9.17) is 9.47 Å². The van der Waals surface area contributed by atoms with Gasteiger partial charge in [-0.2, -0.15) is 0 Å². The van der Waals surface area contributed by atoms with Crippen molar-refractivity contribution in [1.82, 2.24) is 9.88 Å². The zero-order valence-electron chi connectivity index (χ0n) is 19.9. The van der Waals surface area contributed by atoms with Gasteiger partial charge in [-0.3, -0.25) is 0 Å². The highest BCUT2D eigenvalue weighted by molar-refractivity contribution is 5.93. The zero-order valence-corrected chi connectivity index (χ0v) is 19.9. The number of benzene rings is 2. The number of fused-ring (bicyclic) bond motifs is 5. The van der Waals surface area contributed by atoms with Gasteiger partial charge in [0.2, 0.25) is 0 Å². The first-order valence-electron chi connectivity index (χ1n) is 12.2. The number of carbonyl (C=O) groups excluding carboxylic acids is 1. The molecule has 33 heavy (non-hydrogen) atoms. The number of rotatable bonds is 2. The van der Waals surface area contributed by atoms with Crippen molar-refractivity contribution in [2.24, 2.45) is 0 Å². The van der Waals surface area contributed by atoms with E-state index in [0.717, 1.165) is 11.3 Å². The van der Waals surface area contributed by atoms with Gasteiger partial charge in [0.25, 0.3) is 0 Å². The molecule has 2 heterocycles. The van der Waals surface area contributed by atoms with Crippen LogP contribution in [-0.2, 0) is 11.3 Å². The van der Waals surface area contributed by atoms with Crippen LogP contribution in [0.15, 0.2) is 48.5 Å². The van der Waals surface area contributed by atoms with Gasteiger partial charge in [-0.15, -0.1) is 0 Å². The summed E-state index contributed by atoms with van der Waals surface area (Å²) in [5, 5.41) is 4.39. The second kappa shape index (κ2) is 8.77. The van der Waals surface area contributed by atoms with Crippen molar-refractivity contribution in [1.29, 1.82) is 0 Å². The van der Waals surface area contributed by atoms with Crippen molar-refractivity contribution in [3.05, 3.63) is 54.1 Å². The molecule has 0 spiro atoms. The Morgan fingerprint density at radius 2 is 1.76 bits per heavy atom. The van der Waals surface area contributed by atoms with Crippen molar-refractivity contribution < 1.29 is 14.3 Å². The number of alkyl carbamates (subject to hydrolysis) is 1. The van der Waals surface area contributed by atoms with E-state index in [9.17, 15) is 4.79 Å². The summed E-state index contributed by atoms with van der Waals surface area (Å²) in [5.74, 6) is 1.42. The highest BCUT2D eigenvalue weighted by Gasteiger charge is 2.31. The Morgan fingerprint density at radius 3 is 2.55 bits per heavy atom. The minimum Gasteiger partial charge on any atom is -0.491 e. The van der Waals surface area contributed by atoms with E-state index < -0.39 is 11.7 Å². The van der Waals surface area contributed by atoms with Crippen LogP contribution in [0.5, 0.6) is 5.75 Å². The predicted molar refractivity (Wildman–Crippen MR) is 132 cm³/mol. The van der Waals surface area contributed by atoms with E-state index in [0.29, 0.717) is 19.1 Å². The number of hydrogen-bond donors (Lipinski definition) is 1. The summed E-state index contributed by atoms with van der Waals surface area (Å²) in [4.78, 5) is 12.6. The summed E-state index contributed by atoms with van der Waals surface area (Å²) < 4.78 is 14.2. The highest BCUT2D eigenvalue weighted by atomic mass is 16.6. The van der Waals surface area contributed by atoms with Crippen LogP contribution in [0.4, 0.5) is 4.79 Å². The monoisotopic (exact) mass is 446 g/mol. The van der Waals surface area contributed by atoms with Crippen LogP contribution in [0, 0.1) is 0 Å². The maximum atomic E-state index is 12.6. The zero-order chi connectivity index (χ0) is 23.0. The summed E-state index contributed by atoms with van der Waals surface area (Å²) in [6.07, 6.45) is 5.93. The summed E-state index contributed by atoms with van der Waals surface area (Å²) in [6, 6.07) is 16.8. The summed E-state index contributed by atoms with van der Waals surface area (Å²) in [6.45, 7) is 6.67. The van der Waals surface area contributed by atoms with Gasteiger partial charge in [0, 0.05) is 23.0 Å². The van der Waals surface area contributed by atoms with Crippen molar-refractivity contribution in [2.45, 2.75) is 77.0 Å². The molecule has 5 rings (SSSR count). The quantitative estimate of drug-likeness (QED) is 0.480. The first kappa shape index (κ1) is 21.9. The first-order valence-corrected chi connectivity index (χ1v) is 12.2. The molecule has 2 aliphatic rings. The molecule has 1 aliphatic carbocycles. The molecule has 1 amide bonds. The molecule has 1 N–H and O–H groups in total. The predicted octanol–water partition coefficient (Wildman–Crippen LogP) is 6.64. The van der Waals surface area contributed by atoms with Gasteiger partial charge in [0.15, 0.2) is 0 Å². The van der Waals surface area contributed by atoms with Gasteiger partial charge in [-0.1, -0.05) is 49.6 Å². The minimum absolute atomic E-state index is 0.207. The van der Waals surface area contributed by atoms with Crippen molar-refractivity contribution in [2.75, 3.05) is 6.61 Å². The number of ether oxygens (including phenoxy) is 2. The molecule has 2 aromatic carbocycles. The van der Waals surface area contributed by atoms with Gasteiger partial charge < -0.3 is 19.4 Å². The van der Waals surface area contributed by atoms with E-state index in [1.807, 2.05) is 32.9 Å². The Bertz CT molecular complexity index is 1150. The van der Waals surface area contributed by atoms with E-state index >= 15 is 0 Å². The van der Waals surface area contributed by atoms with E-state index in [1.54, 1.807) is 0 Å². The molecule has 1 unspecified atom stereocenters. The number of nitrogens with one attached hydrogen (secondary N) is 1. The average Bonchev–Trinajstić information content (AvgIpc) is 3.09. The molecule has 1 fully saturated rings. The molecule has 0 saturated heterocycles. The SMILES string of the molecule is CC(C)(C)OC(=O)NC1COc2ccccc2-c2c(C3CCCCC3)c3ccccc3n2C1. The van der Waals surface area contributed by atoms with Crippen molar-refractivity contribution >= 4 is 17.0 Å². The third kappa shape index (κ3) is 4.46. The Kier molecular flexibility index (Phi) is 5.81. The largest absolute Gasteiger partial charge is 0.491 e. The fourth-order valence-electron chi connectivity index (χ4n) is 5.43. The minimum atomic E-state index is -0.543. The van der Waals surface area contributed by atoms with Crippen LogP contribution < -0.4 is 10.1 Å². The van der Waals surface area contributed by atoms with Crippen molar-refractivity contribution in [3.8, 4) is 17.0 Å². The average molecular weight is 447 g/mol. The lowest BCUT2D eigenvalue weighted by Crippen LogP contribution is -2.45. The summed E-state index contributed by atoms with van der Waals surface area (Å²) in [7, 11) is 0. The lowest BCUT2D eigenvalue weighted by molar-refractivity contribution is 0.0481. The fourth-order valence-corrected chi connectivity index (χ4v) is 5.43. The normalized spacial score (nSPS) is 19.1. The smallest absolute Gasteiger partial charge is 0.408 e. The topological polar surface area (TPSA) is 52.5 Å². The molecule has 1 aliphatic heterocycles. The van der Waals surface area contributed by atoms with Crippen LogP contribution in [-0.4, -0.2) is 28.9 Å². The third-order valence-electron chi connectivity index (χ3n) is 6.73. The van der Waals surface area contributed by atoms with E-state index in [2.05, 4.69) is 46.3 Å². The second-order valence-electron chi connectivity index (χ2n) is 10.4. The molecule has 1 atom stereocenters. The summed E-state index contributed by atoms with van der Waals surface area (Å²) in [5.41, 5.74) is 4.51. The standard InChI is InChI=1S/C28H34N2O3/c1-28(2,3)33-27(31)29-20-17-30-23-15-9-7-13-21(23)25(19-11-5-4-6-12-19)26(30)22-14-8-10-16-24(22)32-18-20/h7-10,13-16,19-20H,4-6,11-12,17-18H2,1-3H3,(H,29,31). The molecule has 0 radical (unpaired) electrons. The number of carbonyl (C=O) groups is 1. The maximum Gasteiger partial charge on any atom is 0.408 e. The van der Waals surface area contributed by atoms with E-state index in [1.165, 1.54) is 54.3 Å². The highest BCUT2D eigenvalue weighted by Crippen LogP contribution is 2.46. The fraction of sp³-hybridized carbons (Fsp3) is 0.464. The molecule has 1 aromatic heterocycles. The molecule has 0 bridgehead atoms. The van der Waals surface area contributed by atoms with Crippen LogP contribution in [0.1, 0.15) is 64.4 Å². The van der Waals surface area contributed by atoms with Gasteiger partial charge in [-0.25, -0.2) is 4.79 Å². The Hall–Kier alpha value is -2.95. The lowest BCUT2D eigenvalue weighted by atomic mass is 9.81. The van der Waals surface area contributed by atoms with Gasteiger partial charge >= 0.3 is 6.09 Å². The number of para-hydroxylation sites is 2. The molecule has 1 saturated carbocycles. The number of amides is 1. The molecule has 3 aromatic rings. The van der Waals surface area contributed by atoms with Gasteiger partial charge in [-0.05, 0) is 63.3 Å². The lowest BCUT2D eigenvalue weighted by Gasteiger charge is -2.29. The second-order valence-corrected chi connectivity index (χ2v) is 10.4. The number of nitrogens with zero attached hydrogens (tertiary/aromatic N) is 1. The Labute approximate surface area is 196 Å². The number of hydrogen-bond acceptors (Lipinski definition) is 3. The third-order valence-corrected chi connectivity index (χ3v) is 6.73. The van der Waals surface area contributed by atoms with Crippen molar-refractivity contribution in [3.63, 3.8) is 0 Å². The summed E-state index contributed by atoms with van der Waals surface area (Å²) >= 11 is 0. The number of aromatic nitrogens is 1. The molecular formula is C28H34N2O3. The maximum absolute atomic E-state index is 12.6. The molecule has 5 heteroatoms. The Morgan fingerprint density at radius 1 is 1.03 bits per heavy atom. The molecule has 174 valence electrons. The van der Waals surface area contributed by atoms with Gasteiger partial charge in [0.1, 0.15) is 18.0 Å². The Balaban J connectivity index is 1.63. The van der Waals surface area contributed by atoms with Gasteiger partial charge in [0.05, 0.1) is 11.7 Å². The molecule has 5 nitrogen and oxygen atoms in total. The van der Waals surface area contributed by atoms with Crippen LogP contribution >= 0.6 is 0 Å². The van der Waals surface area contributed by atoms with Crippen LogP contribution in [0.2, 0.25) is 0 Å². The van der Waals surface area contributed by atoms with Crippen LogP contribution in [0.3, 0.4) is 0 Å². The first-order chi connectivity index (χ1) is 15.9. The van der Waals surface area contributed by atoms with Crippen LogP contribution in [0.25, 0.3) is 22.2 Å².